The summed E-state index contributed by atoms with van der Waals surface area (Å²) in [6.07, 6.45) is 2.13. The lowest BCUT2D eigenvalue weighted by Gasteiger charge is -2.20. The summed E-state index contributed by atoms with van der Waals surface area (Å²) in [5.41, 5.74) is 1.20. The van der Waals surface area contributed by atoms with E-state index in [1.807, 2.05) is 25.1 Å². The van der Waals surface area contributed by atoms with E-state index < -0.39 is 0 Å². The summed E-state index contributed by atoms with van der Waals surface area (Å²) in [5, 5.41) is 6.25. The van der Waals surface area contributed by atoms with Crippen LogP contribution in [-0.4, -0.2) is 18.5 Å². The van der Waals surface area contributed by atoms with Crippen molar-refractivity contribution in [3.05, 3.63) is 35.9 Å². The van der Waals surface area contributed by atoms with Crippen LogP contribution in [0.3, 0.4) is 0 Å². The van der Waals surface area contributed by atoms with E-state index in [4.69, 9.17) is 0 Å². The van der Waals surface area contributed by atoms with Crippen LogP contribution in [0.5, 0.6) is 0 Å². The lowest BCUT2D eigenvalue weighted by Crippen LogP contribution is -2.43. The molecule has 0 aliphatic rings. The van der Waals surface area contributed by atoms with E-state index in [-0.39, 0.29) is 18.0 Å². The minimum atomic E-state index is -0.169. The average molecular weight is 248 g/mol. The third kappa shape index (κ3) is 4.88. The Kier molecular flexibility index (Phi) is 6.44. The first-order valence-electron chi connectivity index (χ1n) is 6.73. The number of unbranched alkanes of at least 4 members (excludes halogenated alkanes) is 1. The third-order valence-corrected chi connectivity index (χ3v) is 3.02. The molecule has 0 saturated heterocycles. The maximum atomic E-state index is 11.8. The van der Waals surface area contributed by atoms with Crippen LogP contribution in [0.15, 0.2) is 30.3 Å². The van der Waals surface area contributed by atoms with Gasteiger partial charge in [-0.3, -0.25) is 10.1 Å². The van der Waals surface area contributed by atoms with Gasteiger partial charge in [0.05, 0.1) is 6.04 Å². The molecule has 2 N–H and O–H groups in total. The van der Waals surface area contributed by atoms with E-state index in [0.29, 0.717) is 0 Å². The number of benzene rings is 1. The number of carbonyl (C=O) groups excluding carboxylic acids is 1. The molecule has 3 heteroatoms. The van der Waals surface area contributed by atoms with Crippen LogP contribution < -0.4 is 10.6 Å². The molecule has 0 aromatic heterocycles. The molecule has 2 unspecified atom stereocenters. The Morgan fingerprint density at radius 1 is 1.22 bits per heavy atom. The molecule has 0 heterocycles. The Bertz CT molecular complexity index is 351. The largest absolute Gasteiger partial charge is 0.355 e. The van der Waals surface area contributed by atoms with E-state index in [1.54, 1.807) is 0 Å². The van der Waals surface area contributed by atoms with Crippen LogP contribution in [0.25, 0.3) is 0 Å². The van der Waals surface area contributed by atoms with Crippen molar-refractivity contribution in [2.75, 3.05) is 6.54 Å². The molecule has 18 heavy (non-hydrogen) atoms. The van der Waals surface area contributed by atoms with Gasteiger partial charge >= 0.3 is 0 Å². The van der Waals surface area contributed by atoms with Crippen LogP contribution >= 0.6 is 0 Å². The van der Waals surface area contributed by atoms with Gasteiger partial charge in [-0.25, -0.2) is 0 Å². The minimum Gasteiger partial charge on any atom is -0.355 e. The van der Waals surface area contributed by atoms with Crippen molar-refractivity contribution < 1.29 is 4.79 Å². The highest BCUT2D eigenvalue weighted by molar-refractivity contribution is 5.81. The highest BCUT2D eigenvalue weighted by Gasteiger charge is 2.15. The number of amides is 1. The van der Waals surface area contributed by atoms with Gasteiger partial charge in [0.25, 0.3) is 0 Å². The molecule has 1 aromatic carbocycles. The minimum absolute atomic E-state index is 0.0752. The van der Waals surface area contributed by atoms with Crippen molar-refractivity contribution in [1.82, 2.24) is 10.6 Å². The first kappa shape index (κ1) is 14.7. The van der Waals surface area contributed by atoms with Crippen molar-refractivity contribution in [3.63, 3.8) is 0 Å². The Morgan fingerprint density at radius 3 is 2.50 bits per heavy atom. The van der Waals surface area contributed by atoms with Gasteiger partial charge in [-0.15, -0.1) is 0 Å². The molecule has 0 saturated carbocycles. The number of nitrogens with one attached hydrogen (secondary N) is 2. The Balaban J connectivity index is 2.39. The first-order chi connectivity index (χ1) is 8.65. The molecule has 3 nitrogen and oxygen atoms in total. The summed E-state index contributed by atoms with van der Waals surface area (Å²) < 4.78 is 0. The zero-order chi connectivity index (χ0) is 13.4. The predicted molar refractivity (Wildman–Crippen MR) is 75.4 cm³/mol. The molecule has 1 rings (SSSR count). The van der Waals surface area contributed by atoms with Gasteiger partial charge < -0.3 is 5.32 Å². The van der Waals surface area contributed by atoms with Gasteiger partial charge in [0.1, 0.15) is 0 Å². The summed E-state index contributed by atoms with van der Waals surface area (Å²) in [6, 6.07) is 10.2. The van der Waals surface area contributed by atoms with Crippen molar-refractivity contribution in [2.45, 2.75) is 45.7 Å². The molecule has 0 aliphatic carbocycles. The number of rotatable bonds is 7. The van der Waals surface area contributed by atoms with Crippen LogP contribution in [0.2, 0.25) is 0 Å². The molecule has 100 valence electrons. The number of hydrogen-bond acceptors (Lipinski definition) is 2. The fourth-order valence-electron chi connectivity index (χ4n) is 1.83. The second-order valence-electron chi connectivity index (χ2n) is 4.67. The Morgan fingerprint density at radius 2 is 1.89 bits per heavy atom. The highest BCUT2D eigenvalue weighted by Crippen LogP contribution is 2.11. The molecule has 1 aromatic rings. The fraction of sp³-hybridized carbons (Fsp3) is 0.533. The first-order valence-corrected chi connectivity index (χ1v) is 6.73. The van der Waals surface area contributed by atoms with E-state index in [0.717, 1.165) is 19.4 Å². The highest BCUT2D eigenvalue weighted by atomic mass is 16.2. The molecular weight excluding hydrogens is 224 g/mol. The van der Waals surface area contributed by atoms with E-state index in [9.17, 15) is 4.79 Å². The van der Waals surface area contributed by atoms with E-state index in [1.165, 1.54) is 5.56 Å². The van der Waals surface area contributed by atoms with Crippen LogP contribution in [0, 0.1) is 0 Å². The van der Waals surface area contributed by atoms with Crippen LogP contribution in [0.1, 0.15) is 45.2 Å². The molecule has 0 radical (unpaired) electrons. The lowest BCUT2D eigenvalue weighted by atomic mass is 10.1. The molecule has 0 bridgehead atoms. The van der Waals surface area contributed by atoms with Gasteiger partial charge in [0, 0.05) is 12.6 Å². The van der Waals surface area contributed by atoms with Crippen molar-refractivity contribution >= 4 is 5.91 Å². The smallest absolute Gasteiger partial charge is 0.236 e. The summed E-state index contributed by atoms with van der Waals surface area (Å²) in [7, 11) is 0. The van der Waals surface area contributed by atoms with Gasteiger partial charge in [-0.2, -0.15) is 0 Å². The molecule has 2 atom stereocenters. The molecule has 0 aliphatic heterocycles. The molecular formula is C15H24N2O. The summed E-state index contributed by atoms with van der Waals surface area (Å²) in [4.78, 5) is 11.8. The van der Waals surface area contributed by atoms with Gasteiger partial charge in [0.15, 0.2) is 0 Å². The zero-order valence-corrected chi connectivity index (χ0v) is 11.6. The lowest BCUT2D eigenvalue weighted by molar-refractivity contribution is -0.122. The van der Waals surface area contributed by atoms with Crippen LogP contribution in [-0.2, 0) is 4.79 Å². The molecule has 0 spiro atoms. The SMILES string of the molecule is CCCCNC(=O)C(C)NC(C)c1ccccc1. The zero-order valence-electron chi connectivity index (χ0n) is 11.6. The van der Waals surface area contributed by atoms with Gasteiger partial charge in [0.2, 0.25) is 5.91 Å². The van der Waals surface area contributed by atoms with E-state index in [2.05, 4.69) is 36.6 Å². The Hall–Kier alpha value is -1.35. The van der Waals surface area contributed by atoms with Crippen LogP contribution in [0.4, 0.5) is 0 Å². The second-order valence-corrected chi connectivity index (χ2v) is 4.67. The fourth-order valence-corrected chi connectivity index (χ4v) is 1.83. The maximum absolute atomic E-state index is 11.8. The van der Waals surface area contributed by atoms with Gasteiger partial charge in [-0.1, -0.05) is 43.7 Å². The topological polar surface area (TPSA) is 41.1 Å². The third-order valence-electron chi connectivity index (χ3n) is 3.02. The van der Waals surface area contributed by atoms with Crippen molar-refractivity contribution in [1.29, 1.82) is 0 Å². The van der Waals surface area contributed by atoms with Gasteiger partial charge in [-0.05, 0) is 25.8 Å². The summed E-state index contributed by atoms with van der Waals surface area (Å²) in [6.45, 7) is 6.86. The summed E-state index contributed by atoms with van der Waals surface area (Å²) >= 11 is 0. The second kappa shape index (κ2) is 7.88. The van der Waals surface area contributed by atoms with Crippen molar-refractivity contribution in [2.24, 2.45) is 0 Å². The molecule has 1 amide bonds. The monoisotopic (exact) mass is 248 g/mol. The molecule has 0 fully saturated rings. The van der Waals surface area contributed by atoms with Crippen molar-refractivity contribution in [3.8, 4) is 0 Å². The maximum Gasteiger partial charge on any atom is 0.236 e. The predicted octanol–water partition coefficient (Wildman–Crippen LogP) is 2.64. The summed E-state index contributed by atoms with van der Waals surface area (Å²) in [5.74, 6) is 0.0752. The Labute approximate surface area is 110 Å². The van der Waals surface area contributed by atoms with E-state index >= 15 is 0 Å². The number of carbonyl (C=O) groups is 1. The quantitative estimate of drug-likeness (QED) is 0.728. The normalized spacial score (nSPS) is 13.9. The average Bonchev–Trinajstić information content (AvgIpc) is 2.39. The standard InChI is InChI=1S/C15H24N2O/c1-4-5-11-16-15(18)13(3)17-12(2)14-9-7-6-8-10-14/h6-10,12-13,17H,4-5,11H2,1-3H3,(H,16,18). The number of hydrogen-bond donors (Lipinski definition) is 2.